The largest absolute Gasteiger partial charge is 0.392 e. The second kappa shape index (κ2) is 8.72. The highest BCUT2D eigenvalue weighted by Gasteiger charge is 2.11. The molecule has 0 aliphatic rings. The predicted octanol–water partition coefficient (Wildman–Crippen LogP) is 1.57. The van der Waals surface area contributed by atoms with Crippen molar-refractivity contribution in [1.82, 2.24) is 10.2 Å². The standard InChI is InChI=1S/C16H26N2O2/c1-4-5-15(18(2)3)11-17-16(20)10-13-6-8-14(12-19)9-7-13/h6-9,15,19H,4-5,10-12H2,1-3H3,(H,17,20). The van der Waals surface area contributed by atoms with Crippen LogP contribution in [0.5, 0.6) is 0 Å². The topological polar surface area (TPSA) is 52.6 Å². The molecule has 0 aliphatic carbocycles. The monoisotopic (exact) mass is 278 g/mol. The molecular formula is C16H26N2O2. The van der Waals surface area contributed by atoms with Crippen LogP contribution in [-0.2, 0) is 17.8 Å². The summed E-state index contributed by atoms with van der Waals surface area (Å²) < 4.78 is 0. The van der Waals surface area contributed by atoms with Gasteiger partial charge < -0.3 is 15.3 Å². The van der Waals surface area contributed by atoms with E-state index in [0.29, 0.717) is 19.0 Å². The molecule has 2 N–H and O–H groups in total. The number of hydrogen-bond donors (Lipinski definition) is 2. The van der Waals surface area contributed by atoms with Gasteiger partial charge in [-0.25, -0.2) is 0 Å². The van der Waals surface area contributed by atoms with E-state index in [-0.39, 0.29) is 12.5 Å². The fourth-order valence-corrected chi connectivity index (χ4v) is 2.12. The van der Waals surface area contributed by atoms with Gasteiger partial charge in [0.05, 0.1) is 13.0 Å². The summed E-state index contributed by atoms with van der Waals surface area (Å²) in [5.74, 6) is 0.0460. The number of amides is 1. The van der Waals surface area contributed by atoms with Crippen LogP contribution < -0.4 is 5.32 Å². The average Bonchev–Trinajstić information content (AvgIpc) is 2.44. The van der Waals surface area contributed by atoms with Gasteiger partial charge in [0.15, 0.2) is 0 Å². The summed E-state index contributed by atoms with van der Waals surface area (Å²) in [7, 11) is 4.08. The van der Waals surface area contributed by atoms with E-state index in [1.54, 1.807) is 0 Å². The van der Waals surface area contributed by atoms with Crippen LogP contribution in [0, 0.1) is 0 Å². The lowest BCUT2D eigenvalue weighted by Gasteiger charge is -2.24. The van der Waals surface area contributed by atoms with Crippen LogP contribution >= 0.6 is 0 Å². The van der Waals surface area contributed by atoms with Crippen molar-refractivity contribution in [2.75, 3.05) is 20.6 Å². The molecule has 0 saturated carbocycles. The van der Waals surface area contributed by atoms with Crippen LogP contribution in [0.3, 0.4) is 0 Å². The van der Waals surface area contributed by atoms with Crippen molar-refractivity contribution in [3.63, 3.8) is 0 Å². The number of rotatable bonds is 8. The second-order valence-electron chi connectivity index (χ2n) is 5.36. The Kier molecular flexibility index (Phi) is 7.26. The maximum Gasteiger partial charge on any atom is 0.224 e. The summed E-state index contributed by atoms with van der Waals surface area (Å²) >= 11 is 0. The lowest BCUT2D eigenvalue weighted by Crippen LogP contribution is -2.40. The van der Waals surface area contributed by atoms with Gasteiger partial charge in [0.25, 0.3) is 0 Å². The van der Waals surface area contributed by atoms with E-state index < -0.39 is 0 Å². The minimum Gasteiger partial charge on any atom is -0.392 e. The second-order valence-corrected chi connectivity index (χ2v) is 5.36. The first-order valence-corrected chi connectivity index (χ1v) is 7.18. The van der Waals surface area contributed by atoms with E-state index >= 15 is 0 Å². The zero-order chi connectivity index (χ0) is 15.0. The molecule has 0 bridgehead atoms. The summed E-state index contributed by atoms with van der Waals surface area (Å²) in [5.41, 5.74) is 1.83. The highest BCUT2D eigenvalue weighted by molar-refractivity contribution is 5.78. The molecule has 0 spiro atoms. The average molecular weight is 278 g/mol. The Bertz CT molecular complexity index is 401. The fourth-order valence-electron chi connectivity index (χ4n) is 2.12. The summed E-state index contributed by atoms with van der Waals surface area (Å²) in [6.45, 7) is 2.88. The summed E-state index contributed by atoms with van der Waals surface area (Å²) in [4.78, 5) is 14.1. The zero-order valence-corrected chi connectivity index (χ0v) is 12.7. The number of nitrogens with zero attached hydrogens (tertiary/aromatic N) is 1. The molecule has 0 saturated heterocycles. The Labute approximate surface area is 121 Å². The molecule has 112 valence electrons. The number of benzene rings is 1. The molecule has 1 amide bonds. The molecule has 4 nitrogen and oxygen atoms in total. The third kappa shape index (κ3) is 5.72. The molecule has 20 heavy (non-hydrogen) atoms. The maximum absolute atomic E-state index is 11.9. The van der Waals surface area contributed by atoms with Crippen molar-refractivity contribution in [3.05, 3.63) is 35.4 Å². The van der Waals surface area contributed by atoms with Gasteiger partial charge in [-0.05, 0) is 31.6 Å². The number of carbonyl (C=O) groups is 1. The first kappa shape index (κ1) is 16.7. The third-order valence-electron chi connectivity index (χ3n) is 3.46. The van der Waals surface area contributed by atoms with E-state index in [2.05, 4.69) is 17.1 Å². The fraction of sp³-hybridized carbons (Fsp3) is 0.562. The van der Waals surface area contributed by atoms with Crippen molar-refractivity contribution in [3.8, 4) is 0 Å². The number of carbonyl (C=O) groups excluding carboxylic acids is 1. The van der Waals surface area contributed by atoms with Crippen LogP contribution in [0.25, 0.3) is 0 Å². The predicted molar refractivity (Wildman–Crippen MR) is 81.5 cm³/mol. The molecule has 1 aromatic rings. The Morgan fingerprint density at radius 2 is 1.85 bits per heavy atom. The van der Waals surface area contributed by atoms with Crippen molar-refractivity contribution >= 4 is 5.91 Å². The highest BCUT2D eigenvalue weighted by Crippen LogP contribution is 2.06. The van der Waals surface area contributed by atoms with Gasteiger partial charge in [0, 0.05) is 12.6 Å². The van der Waals surface area contributed by atoms with Crippen molar-refractivity contribution in [2.45, 2.75) is 38.8 Å². The Hall–Kier alpha value is -1.39. The number of nitrogens with one attached hydrogen (secondary N) is 1. The minimum atomic E-state index is 0.0357. The number of aliphatic hydroxyl groups excluding tert-OH is 1. The molecule has 0 fully saturated rings. The molecule has 0 aliphatic heterocycles. The third-order valence-corrected chi connectivity index (χ3v) is 3.46. The van der Waals surface area contributed by atoms with Crippen LogP contribution in [-0.4, -0.2) is 42.6 Å². The molecule has 1 aromatic carbocycles. The van der Waals surface area contributed by atoms with Gasteiger partial charge in [0.1, 0.15) is 0 Å². The van der Waals surface area contributed by atoms with Crippen LogP contribution in [0.1, 0.15) is 30.9 Å². The molecule has 0 heterocycles. The van der Waals surface area contributed by atoms with E-state index in [0.717, 1.165) is 24.0 Å². The number of aliphatic hydroxyl groups is 1. The minimum absolute atomic E-state index is 0.0357. The number of hydrogen-bond acceptors (Lipinski definition) is 3. The van der Waals surface area contributed by atoms with Crippen molar-refractivity contribution in [2.24, 2.45) is 0 Å². The van der Waals surface area contributed by atoms with Gasteiger partial charge in [-0.15, -0.1) is 0 Å². The Balaban J connectivity index is 2.42. The first-order valence-electron chi connectivity index (χ1n) is 7.18. The summed E-state index contributed by atoms with van der Waals surface area (Å²) in [6, 6.07) is 7.87. The lowest BCUT2D eigenvalue weighted by atomic mass is 10.1. The zero-order valence-electron chi connectivity index (χ0n) is 12.7. The Morgan fingerprint density at radius 3 is 2.35 bits per heavy atom. The van der Waals surface area contributed by atoms with Crippen LogP contribution in [0.15, 0.2) is 24.3 Å². The van der Waals surface area contributed by atoms with Gasteiger partial charge in [-0.3, -0.25) is 4.79 Å². The van der Waals surface area contributed by atoms with Gasteiger partial charge in [-0.1, -0.05) is 37.6 Å². The summed E-state index contributed by atoms with van der Waals surface area (Å²) in [6.07, 6.45) is 2.58. The van der Waals surface area contributed by atoms with Crippen LogP contribution in [0.4, 0.5) is 0 Å². The summed E-state index contributed by atoms with van der Waals surface area (Å²) in [5, 5.41) is 12.0. The lowest BCUT2D eigenvalue weighted by molar-refractivity contribution is -0.120. The van der Waals surface area contributed by atoms with Gasteiger partial charge in [-0.2, -0.15) is 0 Å². The molecule has 1 unspecified atom stereocenters. The molecule has 1 rings (SSSR count). The first-order chi connectivity index (χ1) is 9.56. The normalized spacial score (nSPS) is 12.4. The van der Waals surface area contributed by atoms with Crippen molar-refractivity contribution in [1.29, 1.82) is 0 Å². The quantitative estimate of drug-likeness (QED) is 0.759. The smallest absolute Gasteiger partial charge is 0.224 e. The Morgan fingerprint density at radius 1 is 1.25 bits per heavy atom. The molecule has 0 radical (unpaired) electrons. The van der Waals surface area contributed by atoms with E-state index in [4.69, 9.17) is 5.11 Å². The van der Waals surface area contributed by atoms with E-state index in [9.17, 15) is 4.79 Å². The highest BCUT2D eigenvalue weighted by atomic mass is 16.3. The molecule has 4 heteroatoms. The SMILES string of the molecule is CCCC(CNC(=O)Cc1ccc(CO)cc1)N(C)C. The van der Waals surface area contributed by atoms with Crippen LogP contribution in [0.2, 0.25) is 0 Å². The maximum atomic E-state index is 11.9. The number of likely N-dealkylation sites (N-methyl/N-ethyl adjacent to an activating group) is 1. The van der Waals surface area contributed by atoms with Gasteiger partial charge in [0.2, 0.25) is 5.91 Å². The van der Waals surface area contributed by atoms with E-state index in [1.165, 1.54) is 0 Å². The molecule has 1 atom stereocenters. The molecule has 0 aromatic heterocycles. The van der Waals surface area contributed by atoms with Crippen molar-refractivity contribution < 1.29 is 9.90 Å². The van der Waals surface area contributed by atoms with Gasteiger partial charge >= 0.3 is 0 Å². The van der Waals surface area contributed by atoms with E-state index in [1.807, 2.05) is 38.4 Å². The molecular weight excluding hydrogens is 252 g/mol.